The van der Waals surface area contributed by atoms with E-state index in [-0.39, 0.29) is 29.9 Å². The second-order valence-corrected chi connectivity index (χ2v) is 7.41. The molecule has 1 fully saturated rings. The highest BCUT2D eigenvalue weighted by molar-refractivity contribution is 7.12. The standard InChI is InChI=1S/C18H18FN5O2S/c19-14-5-3-13(4-6-14)12-16(25)22-9-7-15(8-10-22)23-18(26)24(21-20-23)17-2-1-11-27-17/h1-6,11,15H,7-10,12H2. The number of carbonyl (C=O) groups is 1. The zero-order valence-electron chi connectivity index (χ0n) is 14.5. The Balaban J connectivity index is 1.38. The molecule has 0 N–H and O–H groups in total. The van der Waals surface area contributed by atoms with Gasteiger partial charge in [0.1, 0.15) is 10.8 Å². The van der Waals surface area contributed by atoms with Gasteiger partial charge in [0.25, 0.3) is 0 Å². The van der Waals surface area contributed by atoms with E-state index in [1.54, 1.807) is 17.0 Å². The third-order valence-electron chi connectivity index (χ3n) is 4.75. The number of nitrogens with zero attached hydrogens (tertiary/aromatic N) is 5. The minimum atomic E-state index is -0.312. The van der Waals surface area contributed by atoms with E-state index in [2.05, 4.69) is 10.4 Å². The molecular weight excluding hydrogens is 369 g/mol. The van der Waals surface area contributed by atoms with Crippen molar-refractivity contribution in [2.75, 3.05) is 13.1 Å². The third kappa shape index (κ3) is 3.68. The van der Waals surface area contributed by atoms with Crippen LogP contribution in [-0.2, 0) is 11.2 Å². The van der Waals surface area contributed by atoms with Crippen molar-refractivity contribution < 1.29 is 9.18 Å². The summed E-state index contributed by atoms with van der Waals surface area (Å²) >= 11 is 1.43. The van der Waals surface area contributed by atoms with Crippen LogP contribution in [0.15, 0.2) is 46.6 Å². The van der Waals surface area contributed by atoms with Crippen molar-refractivity contribution in [2.24, 2.45) is 0 Å². The van der Waals surface area contributed by atoms with Gasteiger partial charge in [-0.15, -0.1) is 11.3 Å². The van der Waals surface area contributed by atoms with Crippen molar-refractivity contribution in [1.29, 1.82) is 0 Å². The summed E-state index contributed by atoms with van der Waals surface area (Å²) in [6.45, 7) is 1.12. The van der Waals surface area contributed by atoms with Gasteiger partial charge < -0.3 is 4.90 Å². The SMILES string of the molecule is O=C(Cc1ccc(F)cc1)N1CCC(n2nnn(-c3cccs3)c2=O)CC1. The third-order valence-corrected chi connectivity index (χ3v) is 5.59. The van der Waals surface area contributed by atoms with Crippen LogP contribution in [0.5, 0.6) is 0 Å². The molecule has 0 saturated carbocycles. The van der Waals surface area contributed by atoms with E-state index in [4.69, 9.17) is 0 Å². The van der Waals surface area contributed by atoms with Gasteiger partial charge in [0.15, 0.2) is 0 Å². The molecule has 1 saturated heterocycles. The predicted molar refractivity (Wildman–Crippen MR) is 98.5 cm³/mol. The largest absolute Gasteiger partial charge is 0.369 e. The molecule has 1 aromatic carbocycles. The molecule has 3 heterocycles. The Hall–Kier alpha value is -2.81. The fraction of sp³-hybridized carbons (Fsp3) is 0.333. The molecule has 1 aliphatic heterocycles. The summed E-state index contributed by atoms with van der Waals surface area (Å²) in [6, 6.07) is 9.58. The Morgan fingerprint density at radius 3 is 2.56 bits per heavy atom. The number of piperidine rings is 1. The number of rotatable bonds is 4. The van der Waals surface area contributed by atoms with Crippen LogP contribution in [0.3, 0.4) is 0 Å². The van der Waals surface area contributed by atoms with E-state index in [1.165, 1.54) is 32.8 Å². The highest BCUT2D eigenvalue weighted by Gasteiger charge is 2.26. The lowest BCUT2D eigenvalue weighted by Crippen LogP contribution is -2.41. The number of hydrogen-bond acceptors (Lipinski definition) is 5. The van der Waals surface area contributed by atoms with Gasteiger partial charge in [-0.25, -0.2) is 9.18 Å². The Labute approximate surface area is 158 Å². The number of halogens is 1. The van der Waals surface area contributed by atoms with Crippen LogP contribution in [0.1, 0.15) is 24.4 Å². The summed E-state index contributed by atoms with van der Waals surface area (Å²) in [4.78, 5) is 26.8. The Morgan fingerprint density at radius 2 is 1.89 bits per heavy atom. The van der Waals surface area contributed by atoms with Crippen molar-refractivity contribution >= 4 is 17.2 Å². The predicted octanol–water partition coefficient (Wildman–Crippen LogP) is 2.04. The molecule has 9 heteroatoms. The number of hydrogen-bond donors (Lipinski definition) is 0. The zero-order valence-corrected chi connectivity index (χ0v) is 15.3. The average molecular weight is 387 g/mol. The van der Waals surface area contributed by atoms with Crippen LogP contribution in [-0.4, -0.2) is 43.7 Å². The molecule has 1 amide bonds. The summed E-state index contributed by atoms with van der Waals surface area (Å²) in [6.07, 6.45) is 1.55. The first-order valence-electron chi connectivity index (χ1n) is 8.72. The quantitative estimate of drug-likeness (QED) is 0.687. The number of tetrazole rings is 1. The molecule has 0 aliphatic carbocycles. The maximum absolute atomic E-state index is 13.0. The molecule has 0 bridgehead atoms. The number of amides is 1. The maximum atomic E-state index is 13.0. The fourth-order valence-electron chi connectivity index (χ4n) is 3.26. The first-order chi connectivity index (χ1) is 13.1. The van der Waals surface area contributed by atoms with Crippen LogP contribution in [0.2, 0.25) is 0 Å². The van der Waals surface area contributed by atoms with Gasteiger partial charge in [0.05, 0.1) is 12.5 Å². The van der Waals surface area contributed by atoms with Crippen LogP contribution in [0.4, 0.5) is 4.39 Å². The van der Waals surface area contributed by atoms with Gasteiger partial charge in [0.2, 0.25) is 5.91 Å². The van der Waals surface area contributed by atoms with Crippen LogP contribution in [0.25, 0.3) is 5.00 Å². The fourth-order valence-corrected chi connectivity index (χ4v) is 3.93. The lowest BCUT2D eigenvalue weighted by molar-refractivity contribution is -0.131. The molecule has 0 unspecified atom stereocenters. The highest BCUT2D eigenvalue weighted by Crippen LogP contribution is 2.21. The lowest BCUT2D eigenvalue weighted by atomic mass is 10.0. The smallest absolute Gasteiger partial charge is 0.342 e. The summed E-state index contributed by atoms with van der Waals surface area (Å²) in [5.74, 6) is -0.303. The Bertz CT molecular complexity index is 972. The number of benzene rings is 1. The first-order valence-corrected chi connectivity index (χ1v) is 9.60. The molecule has 4 rings (SSSR count). The molecule has 1 aliphatic rings. The zero-order chi connectivity index (χ0) is 18.8. The number of carbonyl (C=O) groups excluding carboxylic acids is 1. The second-order valence-electron chi connectivity index (χ2n) is 6.48. The van der Waals surface area contributed by atoms with E-state index in [1.807, 2.05) is 17.5 Å². The highest BCUT2D eigenvalue weighted by atomic mass is 32.1. The average Bonchev–Trinajstić information content (AvgIpc) is 3.33. The minimum absolute atomic E-state index is 0.00893. The van der Waals surface area contributed by atoms with E-state index in [0.29, 0.717) is 25.9 Å². The van der Waals surface area contributed by atoms with Crippen molar-refractivity contribution in [3.63, 3.8) is 0 Å². The summed E-state index contributed by atoms with van der Waals surface area (Å²) < 4.78 is 15.7. The van der Waals surface area contributed by atoms with Gasteiger partial charge >= 0.3 is 5.69 Å². The van der Waals surface area contributed by atoms with Crippen LogP contribution >= 0.6 is 11.3 Å². The first kappa shape index (κ1) is 17.6. The van der Waals surface area contributed by atoms with Crippen molar-refractivity contribution in [1.82, 2.24) is 24.7 Å². The van der Waals surface area contributed by atoms with Crippen LogP contribution < -0.4 is 5.69 Å². The molecule has 2 aromatic heterocycles. The molecule has 140 valence electrons. The number of thiophene rings is 1. The van der Waals surface area contributed by atoms with E-state index < -0.39 is 0 Å². The van der Waals surface area contributed by atoms with Gasteiger partial charge in [-0.05, 0) is 58.5 Å². The molecule has 3 aromatic rings. The van der Waals surface area contributed by atoms with E-state index >= 15 is 0 Å². The molecule has 0 radical (unpaired) electrons. The monoisotopic (exact) mass is 387 g/mol. The molecule has 0 atom stereocenters. The Kier molecular flexibility index (Phi) is 4.85. The number of aromatic nitrogens is 4. The minimum Gasteiger partial charge on any atom is -0.342 e. The topological polar surface area (TPSA) is 73.0 Å². The second kappa shape index (κ2) is 7.43. The van der Waals surface area contributed by atoms with Gasteiger partial charge in [-0.1, -0.05) is 12.1 Å². The maximum Gasteiger partial charge on any atom is 0.369 e. The Morgan fingerprint density at radius 1 is 1.15 bits per heavy atom. The lowest BCUT2D eigenvalue weighted by Gasteiger charge is -2.31. The van der Waals surface area contributed by atoms with Crippen molar-refractivity contribution in [2.45, 2.75) is 25.3 Å². The molecule has 0 spiro atoms. The molecule has 27 heavy (non-hydrogen) atoms. The summed E-state index contributed by atoms with van der Waals surface area (Å²) in [7, 11) is 0. The molecule has 7 nitrogen and oxygen atoms in total. The summed E-state index contributed by atoms with van der Waals surface area (Å²) in [5, 5.41) is 10.6. The van der Waals surface area contributed by atoms with Gasteiger partial charge in [-0.2, -0.15) is 9.36 Å². The number of likely N-dealkylation sites (tertiary alicyclic amines) is 1. The van der Waals surface area contributed by atoms with Crippen LogP contribution in [0, 0.1) is 5.82 Å². The van der Waals surface area contributed by atoms with Crippen molar-refractivity contribution in [3.8, 4) is 5.00 Å². The molecular formula is C18H18FN5O2S. The normalized spacial score (nSPS) is 15.2. The van der Waals surface area contributed by atoms with Gasteiger partial charge in [0, 0.05) is 13.1 Å². The van der Waals surface area contributed by atoms with Gasteiger partial charge in [-0.3, -0.25) is 4.79 Å². The van der Waals surface area contributed by atoms with E-state index in [9.17, 15) is 14.0 Å². The van der Waals surface area contributed by atoms with E-state index in [0.717, 1.165) is 10.6 Å². The summed E-state index contributed by atoms with van der Waals surface area (Å²) in [5.41, 5.74) is 0.534. The van der Waals surface area contributed by atoms with Crippen molar-refractivity contribution in [3.05, 3.63) is 63.6 Å².